The minimum atomic E-state index is 0.0830. The molecule has 0 bridgehead atoms. The Morgan fingerprint density at radius 2 is 1.92 bits per heavy atom. The van der Waals surface area contributed by atoms with Crippen LogP contribution in [0, 0.1) is 5.92 Å². The predicted octanol–water partition coefficient (Wildman–Crippen LogP) is 1.93. The van der Waals surface area contributed by atoms with Gasteiger partial charge in [-0.15, -0.1) is 11.3 Å². The molecule has 3 heterocycles. The van der Waals surface area contributed by atoms with Crippen molar-refractivity contribution >= 4 is 17.4 Å². The zero-order chi connectivity index (χ0) is 18.4. The highest BCUT2D eigenvalue weighted by Crippen LogP contribution is 2.14. The maximum absolute atomic E-state index is 12.6. The molecule has 0 radical (unpaired) electrons. The maximum atomic E-state index is 12.6. The Kier molecular flexibility index (Phi) is 7.31. The Morgan fingerprint density at radius 3 is 2.54 bits per heavy atom. The molecule has 26 heavy (non-hydrogen) atoms. The van der Waals surface area contributed by atoms with Gasteiger partial charge in [0.05, 0.1) is 13.2 Å². The average molecular weight is 381 g/mol. The van der Waals surface area contributed by atoms with Crippen LogP contribution in [0.3, 0.4) is 0 Å². The second kappa shape index (κ2) is 9.69. The number of ether oxygens (including phenoxy) is 1. The first-order valence-electron chi connectivity index (χ1n) is 9.73. The van der Waals surface area contributed by atoms with Crippen LogP contribution < -0.4 is 5.32 Å². The van der Waals surface area contributed by atoms with E-state index in [0.717, 1.165) is 59.0 Å². The van der Waals surface area contributed by atoms with E-state index in [-0.39, 0.29) is 6.03 Å². The van der Waals surface area contributed by atoms with Crippen LogP contribution in [-0.4, -0.2) is 85.8 Å². The smallest absolute Gasteiger partial charge is 0.317 e. The highest BCUT2D eigenvalue weighted by atomic mass is 32.1. The van der Waals surface area contributed by atoms with Crippen LogP contribution in [0.5, 0.6) is 0 Å². The molecule has 0 aromatic carbocycles. The summed E-state index contributed by atoms with van der Waals surface area (Å²) < 4.78 is 5.46. The van der Waals surface area contributed by atoms with Crippen molar-refractivity contribution in [3.63, 3.8) is 0 Å². The quantitative estimate of drug-likeness (QED) is 0.819. The SMILES string of the molecule is CC(C)C(CNC(=O)N1CCN(Cc2cccs2)CC1)N1CCOCC1. The van der Waals surface area contributed by atoms with E-state index in [1.54, 1.807) is 11.3 Å². The molecular weight excluding hydrogens is 348 g/mol. The molecule has 6 nitrogen and oxygen atoms in total. The molecule has 1 N–H and O–H groups in total. The number of morpholine rings is 1. The summed E-state index contributed by atoms with van der Waals surface area (Å²) in [4.78, 5) is 20.8. The summed E-state index contributed by atoms with van der Waals surface area (Å²) in [6, 6.07) is 4.74. The van der Waals surface area contributed by atoms with Gasteiger partial charge < -0.3 is 15.0 Å². The lowest BCUT2D eigenvalue weighted by Gasteiger charge is -2.38. The van der Waals surface area contributed by atoms with Crippen LogP contribution in [0.1, 0.15) is 18.7 Å². The van der Waals surface area contributed by atoms with E-state index in [2.05, 4.69) is 46.5 Å². The minimum absolute atomic E-state index is 0.0830. The first kappa shape index (κ1) is 19.6. The number of hydrogen-bond donors (Lipinski definition) is 1. The number of hydrogen-bond acceptors (Lipinski definition) is 5. The molecule has 3 rings (SSSR count). The van der Waals surface area contributed by atoms with E-state index in [1.165, 1.54) is 4.88 Å². The molecule has 7 heteroatoms. The standard InChI is InChI=1S/C19H32N4O2S/c1-16(2)18(22-9-11-25-12-10-22)14-20-19(24)23-7-5-21(6-8-23)15-17-4-3-13-26-17/h3-4,13,16,18H,5-12,14-15H2,1-2H3,(H,20,24). The molecule has 2 aliphatic heterocycles. The molecule has 1 atom stereocenters. The van der Waals surface area contributed by atoms with Gasteiger partial charge in [-0.1, -0.05) is 19.9 Å². The molecule has 1 aromatic heterocycles. The number of thiophene rings is 1. The van der Waals surface area contributed by atoms with Crippen molar-refractivity contribution in [3.05, 3.63) is 22.4 Å². The van der Waals surface area contributed by atoms with Gasteiger partial charge in [-0.05, 0) is 17.4 Å². The molecule has 1 unspecified atom stereocenters. The molecule has 2 amide bonds. The fourth-order valence-corrected chi connectivity index (χ4v) is 4.48. The lowest BCUT2D eigenvalue weighted by atomic mass is 10.0. The van der Waals surface area contributed by atoms with Crippen molar-refractivity contribution in [2.45, 2.75) is 26.4 Å². The number of nitrogens with zero attached hydrogens (tertiary/aromatic N) is 3. The zero-order valence-corrected chi connectivity index (χ0v) is 16.8. The monoisotopic (exact) mass is 380 g/mol. The molecule has 2 saturated heterocycles. The highest BCUT2D eigenvalue weighted by Gasteiger charge is 2.26. The Morgan fingerprint density at radius 1 is 1.19 bits per heavy atom. The summed E-state index contributed by atoms with van der Waals surface area (Å²) in [6.45, 7) is 13.2. The van der Waals surface area contributed by atoms with Crippen molar-refractivity contribution in [3.8, 4) is 0 Å². The topological polar surface area (TPSA) is 48.1 Å². The Hall–Kier alpha value is -1.15. The maximum Gasteiger partial charge on any atom is 0.317 e. The lowest BCUT2D eigenvalue weighted by Crippen LogP contribution is -2.55. The number of carbonyl (C=O) groups is 1. The highest BCUT2D eigenvalue weighted by molar-refractivity contribution is 7.09. The predicted molar refractivity (Wildman–Crippen MR) is 106 cm³/mol. The normalized spacial score (nSPS) is 21.1. The van der Waals surface area contributed by atoms with Crippen LogP contribution >= 0.6 is 11.3 Å². The van der Waals surface area contributed by atoms with Gasteiger partial charge in [0, 0.05) is 63.3 Å². The van der Waals surface area contributed by atoms with Gasteiger partial charge in [0.15, 0.2) is 0 Å². The van der Waals surface area contributed by atoms with E-state index in [1.807, 2.05) is 4.90 Å². The number of urea groups is 1. The van der Waals surface area contributed by atoms with Gasteiger partial charge in [-0.3, -0.25) is 9.80 Å². The molecule has 2 aliphatic rings. The van der Waals surface area contributed by atoms with Gasteiger partial charge in [-0.2, -0.15) is 0 Å². The molecule has 1 aromatic rings. The lowest BCUT2D eigenvalue weighted by molar-refractivity contribution is 0.00682. The van der Waals surface area contributed by atoms with E-state index >= 15 is 0 Å². The summed E-state index contributed by atoms with van der Waals surface area (Å²) in [5.41, 5.74) is 0. The second-order valence-corrected chi connectivity index (χ2v) is 8.52. The van der Waals surface area contributed by atoms with Crippen LogP contribution in [0.15, 0.2) is 17.5 Å². The van der Waals surface area contributed by atoms with Crippen molar-refractivity contribution < 1.29 is 9.53 Å². The van der Waals surface area contributed by atoms with Gasteiger partial charge in [0.2, 0.25) is 0 Å². The molecule has 0 saturated carbocycles. The molecule has 2 fully saturated rings. The second-order valence-electron chi connectivity index (χ2n) is 7.49. The zero-order valence-electron chi connectivity index (χ0n) is 16.0. The molecule has 0 aliphatic carbocycles. The van der Waals surface area contributed by atoms with Crippen molar-refractivity contribution in [2.24, 2.45) is 5.92 Å². The van der Waals surface area contributed by atoms with Crippen LogP contribution in [-0.2, 0) is 11.3 Å². The molecule has 146 valence electrons. The van der Waals surface area contributed by atoms with E-state index in [0.29, 0.717) is 18.5 Å². The number of rotatable bonds is 6. The number of piperazine rings is 1. The van der Waals surface area contributed by atoms with Crippen molar-refractivity contribution in [1.29, 1.82) is 0 Å². The van der Waals surface area contributed by atoms with Crippen LogP contribution in [0.2, 0.25) is 0 Å². The van der Waals surface area contributed by atoms with Gasteiger partial charge in [-0.25, -0.2) is 4.79 Å². The third-order valence-electron chi connectivity index (χ3n) is 5.37. The summed E-state index contributed by atoms with van der Waals surface area (Å²) in [7, 11) is 0. The minimum Gasteiger partial charge on any atom is -0.379 e. The average Bonchev–Trinajstić information content (AvgIpc) is 3.16. The molecule has 0 spiro atoms. The fourth-order valence-electron chi connectivity index (χ4n) is 3.73. The summed E-state index contributed by atoms with van der Waals surface area (Å²) in [5, 5.41) is 5.30. The van der Waals surface area contributed by atoms with E-state index in [4.69, 9.17) is 4.74 Å². The van der Waals surface area contributed by atoms with Gasteiger partial charge in [0.25, 0.3) is 0 Å². The number of amides is 2. The first-order chi connectivity index (χ1) is 12.6. The van der Waals surface area contributed by atoms with Gasteiger partial charge >= 0.3 is 6.03 Å². The first-order valence-corrected chi connectivity index (χ1v) is 10.6. The molecular formula is C19H32N4O2S. The van der Waals surface area contributed by atoms with Crippen molar-refractivity contribution in [1.82, 2.24) is 20.0 Å². The third-order valence-corrected chi connectivity index (χ3v) is 6.23. The van der Waals surface area contributed by atoms with Crippen molar-refractivity contribution in [2.75, 3.05) is 59.0 Å². The van der Waals surface area contributed by atoms with E-state index in [9.17, 15) is 4.79 Å². The summed E-state index contributed by atoms with van der Waals surface area (Å²) >= 11 is 1.80. The Labute approximate surface area is 161 Å². The largest absolute Gasteiger partial charge is 0.379 e. The number of carbonyl (C=O) groups excluding carboxylic acids is 1. The Balaban J connectivity index is 1.41. The Bertz CT molecular complexity index is 538. The summed E-state index contributed by atoms with van der Waals surface area (Å²) in [5.74, 6) is 0.510. The van der Waals surface area contributed by atoms with Crippen LogP contribution in [0.25, 0.3) is 0 Å². The summed E-state index contributed by atoms with van der Waals surface area (Å²) in [6.07, 6.45) is 0. The van der Waals surface area contributed by atoms with Crippen LogP contribution in [0.4, 0.5) is 4.79 Å². The number of nitrogens with one attached hydrogen (secondary N) is 1. The van der Waals surface area contributed by atoms with E-state index < -0.39 is 0 Å². The fraction of sp³-hybridized carbons (Fsp3) is 0.737. The van der Waals surface area contributed by atoms with Gasteiger partial charge in [0.1, 0.15) is 0 Å². The third kappa shape index (κ3) is 5.42.